The molecule has 1 heterocycles. The van der Waals surface area contributed by atoms with E-state index in [1.807, 2.05) is 0 Å². The van der Waals surface area contributed by atoms with E-state index in [1.165, 1.54) is 64.8 Å². The summed E-state index contributed by atoms with van der Waals surface area (Å²) in [7, 11) is 2.22. The molecule has 3 nitrogen and oxygen atoms in total. The Morgan fingerprint density at radius 2 is 1.62 bits per heavy atom. The molecular formula is C13H27N3. The normalized spacial score (nSPS) is 34.1. The molecule has 1 aliphatic carbocycles. The summed E-state index contributed by atoms with van der Waals surface area (Å²) in [6.07, 6.45) is 6.65. The van der Waals surface area contributed by atoms with Crippen molar-refractivity contribution < 1.29 is 0 Å². The summed E-state index contributed by atoms with van der Waals surface area (Å²) < 4.78 is 0. The van der Waals surface area contributed by atoms with E-state index in [1.54, 1.807) is 0 Å². The van der Waals surface area contributed by atoms with Crippen LogP contribution < -0.4 is 5.73 Å². The molecule has 2 fully saturated rings. The number of hydrogen-bond donors (Lipinski definition) is 1. The maximum atomic E-state index is 5.94. The van der Waals surface area contributed by atoms with Crippen molar-refractivity contribution in [2.75, 3.05) is 39.8 Å². The number of nitrogens with zero attached hydrogens (tertiary/aromatic N) is 2. The second-order valence-corrected chi connectivity index (χ2v) is 5.71. The molecule has 94 valence electrons. The van der Waals surface area contributed by atoms with Gasteiger partial charge in [-0.3, -0.25) is 0 Å². The quantitative estimate of drug-likeness (QED) is 0.782. The van der Waals surface area contributed by atoms with Crippen molar-refractivity contribution in [1.82, 2.24) is 9.80 Å². The number of rotatable bonds is 3. The van der Waals surface area contributed by atoms with Crippen molar-refractivity contribution in [1.29, 1.82) is 0 Å². The monoisotopic (exact) mass is 225 g/mol. The van der Waals surface area contributed by atoms with Crippen LogP contribution in [0.1, 0.15) is 32.1 Å². The summed E-state index contributed by atoms with van der Waals surface area (Å²) >= 11 is 0. The number of hydrogen-bond acceptors (Lipinski definition) is 3. The van der Waals surface area contributed by atoms with Gasteiger partial charge in [0.1, 0.15) is 0 Å². The van der Waals surface area contributed by atoms with Crippen molar-refractivity contribution >= 4 is 0 Å². The first-order valence-corrected chi connectivity index (χ1v) is 6.90. The minimum Gasteiger partial charge on any atom is -0.328 e. The van der Waals surface area contributed by atoms with Crippen LogP contribution in [-0.4, -0.2) is 55.6 Å². The van der Waals surface area contributed by atoms with Crippen LogP contribution in [-0.2, 0) is 0 Å². The fraction of sp³-hybridized carbons (Fsp3) is 1.00. The topological polar surface area (TPSA) is 32.5 Å². The van der Waals surface area contributed by atoms with Crippen LogP contribution in [0.15, 0.2) is 0 Å². The maximum Gasteiger partial charge on any atom is 0.0110 e. The fourth-order valence-electron chi connectivity index (χ4n) is 2.91. The van der Waals surface area contributed by atoms with E-state index < -0.39 is 0 Å². The predicted octanol–water partition coefficient (Wildman–Crippen LogP) is 1.14. The van der Waals surface area contributed by atoms with E-state index in [4.69, 9.17) is 5.73 Å². The molecule has 0 atom stereocenters. The second-order valence-electron chi connectivity index (χ2n) is 5.71. The van der Waals surface area contributed by atoms with Crippen LogP contribution in [0.25, 0.3) is 0 Å². The van der Waals surface area contributed by atoms with E-state index in [0.29, 0.717) is 6.04 Å². The third-order valence-corrected chi connectivity index (χ3v) is 4.34. The maximum absolute atomic E-state index is 5.94. The van der Waals surface area contributed by atoms with Crippen molar-refractivity contribution in [2.45, 2.75) is 38.1 Å². The molecule has 0 amide bonds. The van der Waals surface area contributed by atoms with E-state index >= 15 is 0 Å². The Morgan fingerprint density at radius 1 is 1.00 bits per heavy atom. The van der Waals surface area contributed by atoms with Crippen LogP contribution >= 0.6 is 0 Å². The Bertz CT molecular complexity index is 169. The zero-order valence-electron chi connectivity index (χ0n) is 10.7. The Morgan fingerprint density at radius 3 is 2.25 bits per heavy atom. The van der Waals surface area contributed by atoms with Gasteiger partial charge >= 0.3 is 0 Å². The molecule has 0 unspecified atom stereocenters. The minimum absolute atomic E-state index is 0.500. The average molecular weight is 225 g/mol. The first-order valence-electron chi connectivity index (χ1n) is 6.90. The van der Waals surface area contributed by atoms with Crippen molar-refractivity contribution in [3.8, 4) is 0 Å². The van der Waals surface area contributed by atoms with Gasteiger partial charge in [0.2, 0.25) is 0 Å². The van der Waals surface area contributed by atoms with Gasteiger partial charge in [-0.05, 0) is 51.6 Å². The Balaban J connectivity index is 1.60. The number of piperazine rings is 1. The highest BCUT2D eigenvalue weighted by molar-refractivity contribution is 4.76. The van der Waals surface area contributed by atoms with Crippen LogP contribution in [0.3, 0.4) is 0 Å². The molecule has 3 heteroatoms. The Labute approximate surface area is 100.0 Å². The molecule has 0 radical (unpaired) electrons. The van der Waals surface area contributed by atoms with Crippen LogP contribution in [0, 0.1) is 5.92 Å². The second kappa shape index (κ2) is 5.99. The first kappa shape index (κ1) is 12.3. The van der Waals surface area contributed by atoms with Crippen LogP contribution in [0.2, 0.25) is 0 Å². The minimum atomic E-state index is 0.500. The molecule has 2 aliphatic rings. The van der Waals surface area contributed by atoms with Crippen molar-refractivity contribution in [2.24, 2.45) is 11.7 Å². The van der Waals surface area contributed by atoms with Gasteiger partial charge in [-0.1, -0.05) is 0 Å². The summed E-state index contributed by atoms with van der Waals surface area (Å²) in [6, 6.07) is 0.500. The molecule has 1 saturated carbocycles. The van der Waals surface area contributed by atoms with E-state index in [9.17, 15) is 0 Å². The summed E-state index contributed by atoms with van der Waals surface area (Å²) in [5, 5.41) is 0. The third kappa shape index (κ3) is 3.72. The summed E-state index contributed by atoms with van der Waals surface area (Å²) in [5.41, 5.74) is 5.94. The Kier molecular flexibility index (Phi) is 4.62. The van der Waals surface area contributed by atoms with Gasteiger partial charge in [-0.25, -0.2) is 0 Å². The van der Waals surface area contributed by atoms with Gasteiger partial charge in [0.25, 0.3) is 0 Å². The molecule has 0 aromatic rings. The van der Waals surface area contributed by atoms with Gasteiger partial charge in [0, 0.05) is 32.2 Å². The summed E-state index contributed by atoms with van der Waals surface area (Å²) in [4.78, 5) is 5.06. The van der Waals surface area contributed by atoms with Crippen LogP contribution in [0.5, 0.6) is 0 Å². The van der Waals surface area contributed by atoms with Gasteiger partial charge in [0.05, 0.1) is 0 Å². The zero-order chi connectivity index (χ0) is 11.4. The highest BCUT2D eigenvalue weighted by Crippen LogP contribution is 2.26. The van der Waals surface area contributed by atoms with E-state index in [0.717, 1.165) is 5.92 Å². The molecule has 1 saturated heterocycles. The lowest BCUT2D eigenvalue weighted by molar-refractivity contribution is 0.141. The SMILES string of the molecule is CN1CCN(CCC2CCC(N)CC2)CC1. The Hall–Kier alpha value is -0.120. The van der Waals surface area contributed by atoms with E-state index in [-0.39, 0.29) is 0 Å². The van der Waals surface area contributed by atoms with E-state index in [2.05, 4.69) is 16.8 Å². The summed E-state index contributed by atoms with van der Waals surface area (Å²) in [6.45, 7) is 6.34. The standard InChI is InChI=1S/C13H27N3/c1-15-8-10-16(11-9-15)7-6-12-2-4-13(14)5-3-12/h12-13H,2-11,14H2,1H3. The molecule has 0 spiro atoms. The molecule has 0 aromatic heterocycles. The molecule has 1 aliphatic heterocycles. The lowest BCUT2D eigenvalue weighted by atomic mass is 9.84. The molecule has 16 heavy (non-hydrogen) atoms. The fourth-order valence-corrected chi connectivity index (χ4v) is 2.91. The third-order valence-electron chi connectivity index (χ3n) is 4.34. The largest absolute Gasteiger partial charge is 0.328 e. The van der Waals surface area contributed by atoms with Crippen molar-refractivity contribution in [3.05, 3.63) is 0 Å². The number of nitrogens with two attached hydrogens (primary N) is 1. The first-order chi connectivity index (χ1) is 7.74. The highest BCUT2D eigenvalue weighted by atomic mass is 15.2. The van der Waals surface area contributed by atoms with Gasteiger partial charge in [-0.15, -0.1) is 0 Å². The molecule has 0 aromatic carbocycles. The lowest BCUT2D eigenvalue weighted by Crippen LogP contribution is -2.45. The van der Waals surface area contributed by atoms with Gasteiger partial charge in [-0.2, -0.15) is 0 Å². The molecular weight excluding hydrogens is 198 g/mol. The smallest absolute Gasteiger partial charge is 0.0110 e. The predicted molar refractivity (Wildman–Crippen MR) is 68.5 cm³/mol. The average Bonchev–Trinajstić information content (AvgIpc) is 2.30. The lowest BCUT2D eigenvalue weighted by Gasteiger charge is -2.34. The molecule has 2 N–H and O–H groups in total. The summed E-state index contributed by atoms with van der Waals surface area (Å²) in [5.74, 6) is 0.958. The van der Waals surface area contributed by atoms with Crippen molar-refractivity contribution in [3.63, 3.8) is 0 Å². The van der Waals surface area contributed by atoms with Crippen LogP contribution in [0.4, 0.5) is 0 Å². The van der Waals surface area contributed by atoms with Gasteiger partial charge in [0.15, 0.2) is 0 Å². The zero-order valence-corrected chi connectivity index (χ0v) is 10.7. The number of likely N-dealkylation sites (N-methyl/N-ethyl adjacent to an activating group) is 1. The highest BCUT2D eigenvalue weighted by Gasteiger charge is 2.20. The molecule has 2 rings (SSSR count). The molecule has 0 bridgehead atoms. The van der Waals surface area contributed by atoms with Gasteiger partial charge < -0.3 is 15.5 Å².